The van der Waals surface area contributed by atoms with Crippen molar-refractivity contribution >= 4 is 54.9 Å². The number of benzene rings is 7. The van der Waals surface area contributed by atoms with Gasteiger partial charge in [-0.15, -0.1) is 0 Å². The fraction of sp³-hybridized carbons (Fsp3) is 0.0714. The SMILES string of the molecule is CC1(C)c2ccccc2-c2c(Sc3c4ccccc4c(-c4cc5ccccc5c5ccccc45)c4cnccc34)cccc21. The van der Waals surface area contributed by atoms with E-state index in [2.05, 4.69) is 147 Å². The number of fused-ring (bicyclic) bond motifs is 8. The first-order valence-electron chi connectivity index (χ1n) is 15.2. The Bertz CT molecular complexity index is 2400. The maximum Gasteiger partial charge on any atom is 0.0353 e. The predicted octanol–water partition coefficient (Wildman–Crippen LogP) is 11.8. The average Bonchev–Trinajstić information content (AvgIpc) is 3.31. The molecule has 0 amide bonds. The summed E-state index contributed by atoms with van der Waals surface area (Å²) >= 11 is 1.90. The Morgan fingerprint density at radius 1 is 0.500 bits per heavy atom. The van der Waals surface area contributed by atoms with Crippen LogP contribution in [0.5, 0.6) is 0 Å². The second-order valence-corrected chi connectivity index (χ2v) is 13.4. The van der Waals surface area contributed by atoms with Crippen LogP contribution in [0.15, 0.2) is 150 Å². The zero-order valence-electron chi connectivity index (χ0n) is 24.6. The molecule has 9 rings (SSSR count). The number of pyridine rings is 1. The minimum Gasteiger partial charge on any atom is -0.264 e. The van der Waals surface area contributed by atoms with Gasteiger partial charge in [-0.25, -0.2) is 0 Å². The van der Waals surface area contributed by atoms with E-state index >= 15 is 0 Å². The van der Waals surface area contributed by atoms with Gasteiger partial charge in [0.2, 0.25) is 0 Å². The second kappa shape index (κ2) is 9.54. The van der Waals surface area contributed by atoms with Gasteiger partial charge in [0.15, 0.2) is 0 Å². The molecular formula is C42H29NS. The molecule has 0 saturated heterocycles. The summed E-state index contributed by atoms with van der Waals surface area (Å²) in [5, 5.41) is 10.0. The van der Waals surface area contributed by atoms with Crippen LogP contribution in [-0.4, -0.2) is 4.98 Å². The van der Waals surface area contributed by atoms with E-state index in [-0.39, 0.29) is 5.41 Å². The maximum absolute atomic E-state index is 4.69. The van der Waals surface area contributed by atoms with Crippen molar-refractivity contribution < 1.29 is 0 Å². The molecule has 1 aromatic heterocycles. The van der Waals surface area contributed by atoms with Gasteiger partial charge < -0.3 is 0 Å². The Balaban J connectivity index is 1.35. The van der Waals surface area contributed by atoms with Gasteiger partial charge in [-0.1, -0.05) is 135 Å². The lowest BCUT2D eigenvalue weighted by atomic mass is 9.82. The van der Waals surface area contributed by atoms with Gasteiger partial charge in [-0.3, -0.25) is 4.98 Å². The Morgan fingerprint density at radius 3 is 2.02 bits per heavy atom. The van der Waals surface area contributed by atoms with Gasteiger partial charge in [0.25, 0.3) is 0 Å². The van der Waals surface area contributed by atoms with E-state index in [1.165, 1.54) is 86.3 Å². The van der Waals surface area contributed by atoms with E-state index in [0.717, 1.165) is 0 Å². The fourth-order valence-corrected chi connectivity index (χ4v) is 8.82. The number of aromatic nitrogens is 1. The molecule has 1 aliphatic rings. The monoisotopic (exact) mass is 579 g/mol. The molecule has 0 spiro atoms. The van der Waals surface area contributed by atoms with Crippen LogP contribution in [0.1, 0.15) is 25.0 Å². The summed E-state index contributed by atoms with van der Waals surface area (Å²) in [7, 11) is 0. The molecule has 1 heterocycles. The summed E-state index contributed by atoms with van der Waals surface area (Å²) in [5.74, 6) is 0. The first kappa shape index (κ1) is 25.6. The lowest BCUT2D eigenvalue weighted by Gasteiger charge is -2.22. The fourth-order valence-electron chi connectivity index (χ4n) is 7.56. The molecule has 0 bridgehead atoms. The number of hydrogen-bond acceptors (Lipinski definition) is 2. The van der Waals surface area contributed by atoms with Crippen molar-refractivity contribution in [1.29, 1.82) is 0 Å². The van der Waals surface area contributed by atoms with Crippen LogP contribution in [0.3, 0.4) is 0 Å². The van der Waals surface area contributed by atoms with Crippen LogP contribution in [-0.2, 0) is 5.41 Å². The van der Waals surface area contributed by atoms with Crippen molar-refractivity contribution in [3.8, 4) is 22.3 Å². The highest BCUT2D eigenvalue weighted by atomic mass is 32.2. The Kier molecular flexibility index (Phi) is 5.54. The lowest BCUT2D eigenvalue weighted by Crippen LogP contribution is -2.14. The third-order valence-electron chi connectivity index (χ3n) is 9.59. The first-order chi connectivity index (χ1) is 21.6. The number of hydrogen-bond donors (Lipinski definition) is 0. The Hall–Kier alpha value is -4.92. The highest BCUT2D eigenvalue weighted by molar-refractivity contribution is 8.00. The summed E-state index contributed by atoms with van der Waals surface area (Å²) < 4.78 is 0. The molecule has 0 aliphatic heterocycles. The topological polar surface area (TPSA) is 12.9 Å². The van der Waals surface area contributed by atoms with Crippen LogP contribution in [0.25, 0.3) is 65.3 Å². The quantitative estimate of drug-likeness (QED) is 0.152. The van der Waals surface area contributed by atoms with Gasteiger partial charge in [0.1, 0.15) is 0 Å². The summed E-state index contributed by atoms with van der Waals surface area (Å²) in [6.45, 7) is 4.70. The van der Waals surface area contributed by atoms with Crippen LogP contribution in [0.2, 0.25) is 0 Å². The Morgan fingerprint density at radius 2 is 1.16 bits per heavy atom. The third kappa shape index (κ3) is 3.58. The van der Waals surface area contributed by atoms with Gasteiger partial charge in [0.05, 0.1) is 0 Å². The average molecular weight is 580 g/mol. The van der Waals surface area contributed by atoms with Crippen molar-refractivity contribution in [3.05, 3.63) is 151 Å². The minimum atomic E-state index is -0.0302. The lowest BCUT2D eigenvalue weighted by molar-refractivity contribution is 0.659. The van der Waals surface area contributed by atoms with E-state index in [1.54, 1.807) is 0 Å². The van der Waals surface area contributed by atoms with Crippen molar-refractivity contribution in [3.63, 3.8) is 0 Å². The second-order valence-electron chi connectivity index (χ2n) is 12.3. The molecule has 0 atom stereocenters. The zero-order valence-corrected chi connectivity index (χ0v) is 25.5. The van der Waals surface area contributed by atoms with E-state index in [1.807, 2.05) is 18.0 Å². The van der Waals surface area contributed by atoms with Crippen molar-refractivity contribution in [2.24, 2.45) is 0 Å². The van der Waals surface area contributed by atoms with Gasteiger partial charge in [-0.2, -0.15) is 0 Å². The first-order valence-corrected chi connectivity index (χ1v) is 16.0. The maximum atomic E-state index is 4.69. The molecule has 0 saturated carbocycles. The highest BCUT2D eigenvalue weighted by Crippen LogP contribution is 2.54. The zero-order chi connectivity index (χ0) is 29.4. The molecule has 1 nitrogen and oxygen atoms in total. The Labute approximate surface area is 261 Å². The molecule has 1 aliphatic carbocycles. The van der Waals surface area contributed by atoms with Gasteiger partial charge in [0, 0.05) is 33.0 Å². The normalized spacial score (nSPS) is 13.5. The summed E-state index contributed by atoms with van der Waals surface area (Å²) in [6, 6.07) is 46.8. The van der Waals surface area contributed by atoms with E-state index < -0.39 is 0 Å². The molecule has 44 heavy (non-hydrogen) atoms. The van der Waals surface area contributed by atoms with E-state index in [9.17, 15) is 0 Å². The standard InChI is InChI=1S/C42H29NS/c1-42(2)36-19-10-9-18-33(36)40-37(42)20-11-21-38(40)44-41-31-17-8-7-16-30(31)39(35-25-43-23-22-32(35)41)34-24-26-12-3-4-13-27(26)28-14-5-6-15-29(28)34/h3-25H,1-2H3. The molecule has 0 radical (unpaired) electrons. The molecule has 0 fully saturated rings. The van der Waals surface area contributed by atoms with Gasteiger partial charge >= 0.3 is 0 Å². The van der Waals surface area contributed by atoms with Crippen LogP contribution < -0.4 is 0 Å². The van der Waals surface area contributed by atoms with Crippen LogP contribution in [0.4, 0.5) is 0 Å². The van der Waals surface area contributed by atoms with E-state index in [0.29, 0.717) is 0 Å². The van der Waals surface area contributed by atoms with Crippen molar-refractivity contribution in [2.75, 3.05) is 0 Å². The van der Waals surface area contributed by atoms with Gasteiger partial charge in [-0.05, 0) is 89.3 Å². The molecule has 8 aromatic rings. The van der Waals surface area contributed by atoms with Crippen LogP contribution >= 0.6 is 11.8 Å². The highest BCUT2D eigenvalue weighted by Gasteiger charge is 2.36. The summed E-state index contributed by atoms with van der Waals surface area (Å²) in [4.78, 5) is 7.27. The predicted molar refractivity (Wildman–Crippen MR) is 188 cm³/mol. The molecule has 0 unspecified atom stereocenters. The van der Waals surface area contributed by atoms with Crippen LogP contribution in [0, 0.1) is 0 Å². The molecular weight excluding hydrogens is 551 g/mol. The number of rotatable bonds is 3. The largest absolute Gasteiger partial charge is 0.264 e. The molecule has 208 valence electrons. The summed E-state index contributed by atoms with van der Waals surface area (Å²) in [6.07, 6.45) is 4.01. The molecule has 0 N–H and O–H groups in total. The minimum absolute atomic E-state index is 0.0302. The van der Waals surface area contributed by atoms with Crippen molar-refractivity contribution in [1.82, 2.24) is 4.98 Å². The number of nitrogens with zero attached hydrogens (tertiary/aromatic N) is 1. The molecule has 2 heteroatoms. The van der Waals surface area contributed by atoms with E-state index in [4.69, 9.17) is 4.98 Å². The third-order valence-corrected chi connectivity index (χ3v) is 10.8. The smallest absolute Gasteiger partial charge is 0.0353 e. The molecule has 7 aromatic carbocycles. The summed E-state index contributed by atoms with van der Waals surface area (Å²) in [5.41, 5.74) is 8.00. The van der Waals surface area contributed by atoms with Crippen molar-refractivity contribution in [2.45, 2.75) is 29.1 Å².